The van der Waals surface area contributed by atoms with Crippen molar-refractivity contribution < 1.29 is 14.0 Å². The first-order valence-corrected chi connectivity index (χ1v) is 7.06. The normalized spacial score (nSPS) is 15.0. The number of amides is 2. The van der Waals surface area contributed by atoms with Crippen molar-refractivity contribution in [3.63, 3.8) is 0 Å². The number of benzene rings is 1. The Kier molecular flexibility index (Phi) is 3.86. The maximum absolute atomic E-state index is 12.3. The summed E-state index contributed by atoms with van der Waals surface area (Å²) >= 11 is 0. The fourth-order valence-electron chi connectivity index (χ4n) is 2.29. The molecule has 1 aromatic carbocycles. The van der Waals surface area contributed by atoms with Crippen LogP contribution in [0.1, 0.15) is 16.2 Å². The van der Waals surface area contributed by atoms with E-state index < -0.39 is 0 Å². The molecule has 2 heterocycles. The zero-order valence-corrected chi connectivity index (χ0v) is 12.2. The molecule has 3 rings (SSSR count). The molecule has 0 atom stereocenters. The Hall–Kier alpha value is -2.70. The highest BCUT2D eigenvalue weighted by Crippen LogP contribution is 2.19. The van der Waals surface area contributed by atoms with Gasteiger partial charge in [-0.15, -0.1) is 10.2 Å². The maximum atomic E-state index is 12.3. The Morgan fingerprint density at radius 1 is 1.14 bits per heavy atom. The minimum Gasteiger partial charge on any atom is -0.412 e. The van der Waals surface area contributed by atoms with E-state index in [1.807, 2.05) is 31.2 Å². The van der Waals surface area contributed by atoms with Crippen LogP contribution in [-0.4, -0.2) is 58.5 Å². The van der Waals surface area contributed by atoms with Crippen molar-refractivity contribution in [3.8, 4) is 11.5 Å². The molecule has 0 unspecified atom stereocenters. The number of carbonyl (C=O) groups is 2. The highest BCUT2D eigenvalue weighted by molar-refractivity contribution is 5.89. The molecule has 1 aliphatic rings. The summed E-state index contributed by atoms with van der Waals surface area (Å²) in [7, 11) is 0. The summed E-state index contributed by atoms with van der Waals surface area (Å²) < 4.78 is 5.48. The average Bonchev–Trinajstić information content (AvgIpc) is 3.05. The number of carbonyl (C=O) groups excluding carboxylic acids is 2. The zero-order chi connectivity index (χ0) is 15.5. The van der Waals surface area contributed by atoms with Crippen LogP contribution in [-0.2, 0) is 4.79 Å². The van der Waals surface area contributed by atoms with Crippen molar-refractivity contribution in [2.24, 2.45) is 0 Å². The fourth-order valence-corrected chi connectivity index (χ4v) is 2.29. The minimum atomic E-state index is -0.295. The molecular weight excluding hydrogens is 284 g/mol. The van der Waals surface area contributed by atoms with Gasteiger partial charge in [-0.2, -0.15) is 0 Å². The minimum absolute atomic E-state index is 0.0184. The van der Waals surface area contributed by atoms with Crippen LogP contribution in [0, 0.1) is 6.92 Å². The van der Waals surface area contributed by atoms with E-state index in [2.05, 4.69) is 10.2 Å². The van der Waals surface area contributed by atoms with Gasteiger partial charge in [-0.1, -0.05) is 17.7 Å². The highest BCUT2D eigenvalue weighted by atomic mass is 16.4. The van der Waals surface area contributed by atoms with Crippen LogP contribution in [0.5, 0.6) is 0 Å². The van der Waals surface area contributed by atoms with Gasteiger partial charge in [0, 0.05) is 31.7 Å². The van der Waals surface area contributed by atoms with Gasteiger partial charge < -0.3 is 14.2 Å². The number of aromatic nitrogens is 2. The summed E-state index contributed by atoms with van der Waals surface area (Å²) in [6.07, 6.45) is 0.796. The third-order valence-electron chi connectivity index (χ3n) is 3.66. The van der Waals surface area contributed by atoms with Gasteiger partial charge in [-0.3, -0.25) is 9.59 Å². The lowest BCUT2D eigenvalue weighted by atomic mass is 10.1. The second kappa shape index (κ2) is 5.97. The Bertz CT molecular complexity index is 672. The van der Waals surface area contributed by atoms with Crippen molar-refractivity contribution >= 4 is 12.3 Å². The number of piperazine rings is 1. The van der Waals surface area contributed by atoms with Crippen molar-refractivity contribution in [1.82, 2.24) is 20.0 Å². The fraction of sp³-hybridized carbons (Fsp3) is 0.333. The van der Waals surface area contributed by atoms with Crippen LogP contribution in [0.3, 0.4) is 0 Å². The SMILES string of the molecule is Cc1ccc(-c2nnc(C(=O)N3CCN(C=O)CC3)o2)cc1. The van der Waals surface area contributed by atoms with E-state index in [4.69, 9.17) is 4.42 Å². The average molecular weight is 300 g/mol. The van der Waals surface area contributed by atoms with E-state index in [0.29, 0.717) is 32.1 Å². The molecule has 22 heavy (non-hydrogen) atoms. The van der Waals surface area contributed by atoms with Gasteiger partial charge in [0.2, 0.25) is 12.3 Å². The summed E-state index contributed by atoms with van der Waals surface area (Å²) in [5, 5.41) is 7.77. The lowest BCUT2D eigenvalue weighted by molar-refractivity contribution is -0.119. The van der Waals surface area contributed by atoms with Gasteiger partial charge >= 0.3 is 11.8 Å². The summed E-state index contributed by atoms with van der Waals surface area (Å²) in [6, 6.07) is 7.64. The largest absolute Gasteiger partial charge is 0.412 e. The number of hydrogen-bond donors (Lipinski definition) is 0. The molecule has 0 aliphatic carbocycles. The first-order chi connectivity index (χ1) is 10.7. The molecular formula is C15H16N4O3. The molecule has 1 aromatic heterocycles. The highest BCUT2D eigenvalue weighted by Gasteiger charge is 2.25. The summed E-state index contributed by atoms with van der Waals surface area (Å²) in [6.45, 7) is 3.98. The van der Waals surface area contributed by atoms with Crippen LogP contribution in [0.15, 0.2) is 28.7 Å². The Labute approximate surface area is 127 Å². The quantitative estimate of drug-likeness (QED) is 0.789. The third kappa shape index (κ3) is 2.83. The molecule has 0 radical (unpaired) electrons. The monoisotopic (exact) mass is 300 g/mol. The van der Waals surface area contributed by atoms with Crippen LogP contribution < -0.4 is 0 Å². The molecule has 2 amide bonds. The number of aryl methyl sites for hydroxylation is 1. The first-order valence-electron chi connectivity index (χ1n) is 7.06. The lowest BCUT2D eigenvalue weighted by Gasteiger charge is -2.31. The maximum Gasteiger partial charge on any atom is 0.311 e. The van der Waals surface area contributed by atoms with Gasteiger partial charge in [-0.05, 0) is 19.1 Å². The molecule has 0 saturated carbocycles. The van der Waals surface area contributed by atoms with Gasteiger partial charge in [-0.25, -0.2) is 0 Å². The molecule has 1 fully saturated rings. The van der Waals surface area contributed by atoms with Crippen LogP contribution in [0.2, 0.25) is 0 Å². The predicted octanol–water partition coefficient (Wildman–Crippen LogP) is 0.959. The Balaban J connectivity index is 1.72. The van der Waals surface area contributed by atoms with Crippen molar-refractivity contribution in [3.05, 3.63) is 35.7 Å². The van der Waals surface area contributed by atoms with E-state index in [9.17, 15) is 9.59 Å². The number of rotatable bonds is 3. The van der Waals surface area contributed by atoms with E-state index in [1.165, 1.54) is 0 Å². The number of hydrogen-bond acceptors (Lipinski definition) is 5. The molecule has 0 bridgehead atoms. The second-order valence-corrected chi connectivity index (χ2v) is 5.21. The van der Waals surface area contributed by atoms with E-state index in [0.717, 1.165) is 17.5 Å². The van der Waals surface area contributed by atoms with Crippen molar-refractivity contribution in [2.75, 3.05) is 26.2 Å². The second-order valence-electron chi connectivity index (χ2n) is 5.21. The molecule has 7 heteroatoms. The van der Waals surface area contributed by atoms with Gasteiger partial charge in [0.15, 0.2) is 0 Å². The van der Waals surface area contributed by atoms with E-state index in [1.54, 1.807) is 9.80 Å². The summed E-state index contributed by atoms with van der Waals surface area (Å²) in [5.41, 5.74) is 1.91. The van der Waals surface area contributed by atoms with Crippen molar-refractivity contribution in [1.29, 1.82) is 0 Å². The molecule has 114 valence electrons. The number of nitrogens with zero attached hydrogens (tertiary/aromatic N) is 4. The molecule has 2 aromatic rings. The van der Waals surface area contributed by atoms with Gasteiger partial charge in [0.05, 0.1) is 0 Å². The Morgan fingerprint density at radius 3 is 2.45 bits per heavy atom. The Morgan fingerprint density at radius 2 is 1.82 bits per heavy atom. The zero-order valence-electron chi connectivity index (χ0n) is 12.2. The molecule has 7 nitrogen and oxygen atoms in total. The van der Waals surface area contributed by atoms with Crippen LogP contribution in [0.25, 0.3) is 11.5 Å². The third-order valence-corrected chi connectivity index (χ3v) is 3.66. The molecule has 1 aliphatic heterocycles. The standard InChI is InChI=1S/C15H16N4O3/c1-11-2-4-12(5-3-11)13-16-17-14(22-13)15(21)19-8-6-18(10-20)7-9-19/h2-5,10H,6-9H2,1H3. The topological polar surface area (TPSA) is 79.5 Å². The summed E-state index contributed by atoms with van der Waals surface area (Å²) in [5.74, 6) is 0.0152. The lowest BCUT2D eigenvalue weighted by Crippen LogP contribution is -2.48. The van der Waals surface area contributed by atoms with E-state index >= 15 is 0 Å². The smallest absolute Gasteiger partial charge is 0.311 e. The van der Waals surface area contributed by atoms with Crippen LogP contribution >= 0.6 is 0 Å². The predicted molar refractivity (Wildman–Crippen MR) is 78.0 cm³/mol. The van der Waals surface area contributed by atoms with Crippen LogP contribution in [0.4, 0.5) is 0 Å². The molecule has 1 saturated heterocycles. The first kappa shape index (κ1) is 14.2. The molecule has 0 spiro atoms. The van der Waals surface area contributed by atoms with Gasteiger partial charge in [0.1, 0.15) is 0 Å². The van der Waals surface area contributed by atoms with E-state index in [-0.39, 0.29) is 11.8 Å². The summed E-state index contributed by atoms with van der Waals surface area (Å²) in [4.78, 5) is 26.2. The van der Waals surface area contributed by atoms with Gasteiger partial charge in [0.25, 0.3) is 0 Å². The van der Waals surface area contributed by atoms with Crippen molar-refractivity contribution in [2.45, 2.75) is 6.92 Å². The molecule has 0 N–H and O–H groups in total.